The van der Waals surface area contributed by atoms with Gasteiger partial charge in [0.1, 0.15) is 11.5 Å². The Morgan fingerprint density at radius 2 is 1.06 bits per heavy atom. The maximum atomic E-state index is 10.9. The quantitative estimate of drug-likeness (QED) is 0.426. The van der Waals surface area contributed by atoms with E-state index in [-0.39, 0.29) is 16.6 Å². The lowest BCUT2D eigenvalue weighted by Crippen LogP contribution is -2.17. The molecule has 2 N–H and O–H groups in total. The zero-order valence-electron chi connectivity index (χ0n) is 19.1. The van der Waals surface area contributed by atoms with Crippen LogP contribution in [0.25, 0.3) is 11.1 Å². The third kappa shape index (κ3) is 7.27. The third-order valence-corrected chi connectivity index (χ3v) is 5.20. The minimum Gasteiger partial charge on any atom is -0.507 e. The molecule has 0 aromatic heterocycles. The van der Waals surface area contributed by atoms with Gasteiger partial charge in [0.05, 0.1) is 0 Å². The van der Waals surface area contributed by atoms with Gasteiger partial charge in [-0.3, -0.25) is 0 Å². The lowest BCUT2D eigenvalue weighted by molar-refractivity contribution is 0.400. The molecule has 1 atom stereocenters. The van der Waals surface area contributed by atoms with E-state index in [0.29, 0.717) is 16.9 Å². The van der Waals surface area contributed by atoms with Gasteiger partial charge in [-0.25, -0.2) is 4.57 Å². The normalized spacial score (nSPS) is 12.5. The SMILES string of the molecule is CC(C)(C)c1cc(O[PH](=O)O)cc(C(C)(C)C)c1O.c1ccc(-c2ccccc2)cc1. The first-order valence-electron chi connectivity index (χ1n) is 10.3. The van der Waals surface area contributed by atoms with Crippen molar-refractivity contribution in [1.29, 1.82) is 0 Å². The fourth-order valence-electron chi connectivity index (χ4n) is 3.17. The molecule has 166 valence electrons. The monoisotopic (exact) mass is 440 g/mol. The number of benzene rings is 3. The molecule has 5 heteroatoms. The number of hydrogen-bond donors (Lipinski definition) is 2. The Morgan fingerprint density at radius 1 is 0.710 bits per heavy atom. The first kappa shape index (κ1) is 24.7. The van der Waals surface area contributed by atoms with E-state index in [1.54, 1.807) is 12.1 Å². The van der Waals surface area contributed by atoms with Gasteiger partial charge in [0.15, 0.2) is 0 Å². The van der Waals surface area contributed by atoms with Crippen LogP contribution in [0.15, 0.2) is 72.8 Å². The van der Waals surface area contributed by atoms with Gasteiger partial charge >= 0.3 is 8.25 Å². The predicted octanol–water partition coefficient (Wildman–Crippen LogP) is 7.10. The van der Waals surface area contributed by atoms with Crippen LogP contribution in [0.5, 0.6) is 11.5 Å². The molecule has 0 aliphatic carbocycles. The zero-order valence-corrected chi connectivity index (χ0v) is 20.1. The fraction of sp³-hybridized carbons (Fsp3) is 0.308. The fourth-order valence-corrected chi connectivity index (χ4v) is 3.49. The van der Waals surface area contributed by atoms with Crippen molar-refractivity contribution in [2.24, 2.45) is 0 Å². The molecule has 4 nitrogen and oxygen atoms in total. The number of phenols is 1. The summed E-state index contributed by atoms with van der Waals surface area (Å²) in [5, 5.41) is 10.4. The van der Waals surface area contributed by atoms with Crippen molar-refractivity contribution in [3.05, 3.63) is 83.9 Å². The maximum absolute atomic E-state index is 10.9. The lowest BCUT2D eigenvalue weighted by Gasteiger charge is -2.27. The molecule has 0 saturated carbocycles. The maximum Gasteiger partial charge on any atom is 0.365 e. The van der Waals surface area contributed by atoms with Gasteiger partial charge in [0, 0.05) is 11.1 Å². The van der Waals surface area contributed by atoms with Crippen LogP contribution in [0.3, 0.4) is 0 Å². The van der Waals surface area contributed by atoms with Gasteiger partial charge in [0.25, 0.3) is 0 Å². The van der Waals surface area contributed by atoms with Gasteiger partial charge in [0.2, 0.25) is 0 Å². The van der Waals surface area contributed by atoms with Crippen LogP contribution in [0.1, 0.15) is 52.7 Å². The molecule has 3 rings (SSSR count). The molecule has 0 heterocycles. The summed E-state index contributed by atoms with van der Waals surface area (Å²) in [6.45, 7) is 11.8. The summed E-state index contributed by atoms with van der Waals surface area (Å²) in [7, 11) is -3.05. The van der Waals surface area contributed by atoms with E-state index in [2.05, 4.69) is 48.5 Å². The molecule has 0 saturated heterocycles. The van der Waals surface area contributed by atoms with E-state index in [0.717, 1.165) is 0 Å². The average Bonchev–Trinajstić information content (AvgIpc) is 2.69. The Kier molecular flexibility index (Phi) is 8.11. The molecular formula is C26H33O4P. The minimum atomic E-state index is -3.05. The first-order valence-corrected chi connectivity index (χ1v) is 11.5. The van der Waals surface area contributed by atoms with Gasteiger partial charge < -0.3 is 14.5 Å². The molecule has 0 aliphatic heterocycles. The predicted molar refractivity (Wildman–Crippen MR) is 129 cm³/mol. The van der Waals surface area contributed by atoms with Crippen molar-refractivity contribution in [2.75, 3.05) is 0 Å². The third-order valence-electron chi connectivity index (χ3n) is 4.79. The largest absolute Gasteiger partial charge is 0.507 e. The first-order chi connectivity index (χ1) is 14.4. The smallest absolute Gasteiger partial charge is 0.365 e. The summed E-state index contributed by atoms with van der Waals surface area (Å²) in [6, 6.07) is 24.0. The number of aromatic hydroxyl groups is 1. The summed E-state index contributed by atoms with van der Waals surface area (Å²) in [5.41, 5.74) is 3.40. The Labute approximate surface area is 186 Å². The van der Waals surface area contributed by atoms with E-state index in [4.69, 9.17) is 9.42 Å². The van der Waals surface area contributed by atoms with Crippen LogP contribution in [-0.4, -0.2) is 10.00 Å². The highest BCUT2D eigenvalue weighted by Crippen LogP contribution is 2.42. The summed E-state index contributed by atoms with van der Waals surface area (Å²) in [4.78, 5) is 8.92. The van der Waals surface area contributed by atoms with E-state index < -0.39 is 8.25 Å². The van der Waals surface area contributed by atoms with Crippen molar-refractivity contribution >= 4 is 8.25 Å². The second kappa shape index (κ2) is 10.2. The average molecular weight is 441 g/mol. The van der Waals surface area contributed by atoms with E-state index >= 15 is 0 Å². The van der Waals surface area contributed by atoms with Crippen LogP contribution in [0.4, 0.5) is 0 Å². The molecule has 0 amide bonds. The zero-order chi connectivity index (χ0) is 23.2. The summed E-state index contributed by atoms with van der Waals surface area (Å²) >= 11 is 0. The van der Waals surface area contributed by atoms with Crippen LogP contribution >= 0.6 is 8.25 Å². The van der Waals surface area contributed by atoms with Gasteiger partial charge in [-0.2, -0.15) is 0 Å². The molecule has 0 aliphatic rings. The molecule has 31 heavy (non-hydrogen) atoms. The van der Waals surface area contributed by atoms with Crippen LogP contribution in [-0.2, 0) is 15.4 Å². The van der Waals surface area contributed by atoms with Crippen LogP contribution in [0, 0.1) is 0 Å². The molecule has 3 aromatic carbocycles. The van der Waals surface area contributed by atoms with E-state index in [1.807, 2.05) is 53.7 Å². The Balaban J connectivity index is 0.000000242. The van der Waals surface area contributed by atoms with Gasteiger partial charge in [-0.05, 0) is 34.1 Å². The molecule has 3 aromatic rings. The van der Waals surface area contributed by atoms with E-state index in [9.17, 15) is 9.67 Å². The summed E-state index contributed by atoms with van der Waals surface area (Å²) < 4.78 is 15.8. The Bertz CT molecular complexity index is 929. The van der Waals surface area contributed by atoms with Gasteiger partial charge in [-0.1, -0.05) is 102 Å². The highest BCUT2D eigenvalue weighted by Gasteiger charge is 2.27. The molecule has 0 radical (unpaired) electrons. The highest BCUT2D eigenvalue weighted by atomic mass is 31.1. The topological polar surface area (TPSA) is 66.8 Å². The minimum absolute atomic E-state index is 0.227. The summed E-state index contributed by atoms with van der Waals surface area (Å²) in [5.74, 6) is 0.545. The van der Waals surface area contributed by atoms with Crippen molar-refractivity contribution in [2.45, 2.75) is 52.4 Å². The van der Waals surface area contributed by atoms with Gasteiger partial charge in [-0.15, -0.1) is 0 Å². The lowest BCUT2D eigenvalue weighted by atomic mass is 9.79. The summed E-state index contributed by atoms with van der Waals surface area (Å²) in [6.07, 6.45) is 0. The van der Waals surface area contributed by atoms with Crippen LogP contribution < -0.4 is 4.52 Å². The molecule has 0 spiro atoms. The van der Waals surface area contributed by atoms with Crippen molar-refractivity contribution < 1.29 is 19.1 Å². The standard InChI is InChI=1S/C14H23O4P.C12H10/c1-13(2,3)10-7-9(18-19(16)17)8-11(12(10)15)14(4,5)6;1-3-7-11(8-4-1)12-9-5-2-6-10-12/h7-8,15,19H,1-6H3,(H,16,17);1-10H. The van der Waals surface area contributed by atoms with Crippen LogP contribution in [0.2, 0.25) is 0 Å². The van der Waals surface area contributed by atoms with Crippen molar-refractivity contribution in [3.8, 4) is 22.6 Å². The number of phenolic OH excluding ortho intramolecular Hbond substituents is 1. The van der Waals surface area contributed by atoms with Crippen molar-refractivity contribution in [3.63, 3.8) is 0 Å². The number of hydrogen-bond acceptors (Lipinski definition) is 3. The highest BCUT2D eigenvalue weighted by molar-refractivity contribution is 7.32. The molecule has 0 fully saturated rings. The second-order valence-corrected chi connectivity index (χ2v) is 10.2. The second-order valence-electron chi connectivity index (χ2n) is 9.47. The molecule has 0 bridgehead atoms. The molecule has 1 unspecified atom stereocenters. The van der Waals surface area contributed by atoms with E-state index in [1.165, 1.54) is 11.1 Å². The molecular weight excluding hydrogens is 407 g/mol. The Hall–Kier alpha value is -2.55. The Morgan fingerprint density at radius 3 is 1.35 bits per heavy atom. The van der Waals surface area contributed by atoms with Crippen molar-refractivity contribution in [1.82, 2.24) is 0 Å². The number of rotatable bonds is 3.